The van der Waals surface area contributed by atoms with Crippen LogP contribution >= 0.6 is 15.9 Å². The highest BCUT2D eigenvalue weighted by Crippen LogP contribution is 2.26. The van der Waals surface area contributed by atoms with Crippen LogP contribution in [-0.4, -0.2) is 17.1 Å². The Kier molecular flexibility index (Phi) is 2.37. The molecule has 0 radical (unpaired) electrons. The van der Waals surface area contributed by atoms with E-state index in [0.29, 0.717) is 4.73 Å². The van der Waals surface area contributed by atoms with E-state index in [9.17, 15) is 0 Å². The summed E-state index contributed by atoms with van der Waals surface area (Å²) in [6.07, 6.45) is 0. The lowest BCUT2D eigenvalue weighted by atomic mass is 10.2. The maximum atomic E-state index is 5.25. The number of hydrogen-bond donors (Lipinski definition) is 0. The van der Waals surface area contributed by atoms with Crippen molar-refractivity contribution in [2.45, 2.75) is 6.92 Å². The van der Waals surface area contributed by atoms with Crippen molar-refractivity contribution in [1.29, 1.82) is 0 Å². The summed E-state index contributed by atoms with van der Waals surface area (Å²) >= 11 is 3.27. The molecular weight excluding hydrogens is 244 g/mol. The molecule has 0 spiro atoms. The molecule has 0 aliphatic carbocycles. The zero-order valence-corrected chi connectivity index (χ0v) is 9.50. The van der Waals surface area contributed by atoms with Gasteiger partial charge < -0.3 is 4.74 Å². The Bertz CT molecular complexity index is 485. The first-order valence-electron chi connectivity index (χ1n) is 4.19. The van der Waals surface area contributed by atoms with Crippen LogP contribution in [0.1, 0.15) is 5.69 Å². The first kappa shape index (κ1) is 9.40. The molecular formula is C10H9BrN2O. The number of methoxy groups -OCH3 is 1. The van der Waals surface area contributed by atoms with Gasteiger partial charge in [-0.1, -0.05) is 6.07 Å². The molecule has 0 amide bonds. The lowest BCUT2D eigenvalue weighted by molar-refractivity contribution is 0.419. The molecule has 0 saturated heterocycles. The fourth-order valence-electron chi connectivity index (χ4n) is 1.47. The summed E-state index contributed by atoms with van der Waals surface area (Å²) in [7, 11) is 1.65. The van der Waals surface area contributed by atoms with Crippen molar-refractivity contribution in [3.8, 4) is 5.75 Å². The third-order valence-electron chi connectivity index (χ3n) is 2.06. The smallest absolute Gasteiger partial charge is 0.197 e. The molecule has 0 atom stereocenters. The van der Waals surface area contributed by atoms with Gasteiger partial charge in [-0.25, -0.2) is 9.97 Å². The third kappa shape index (κ3) is 1.46. The maximum absolute atomic E-state index is 5.25. The van der Waals surface area contributed by atoms with Crippen molar-refractivity contribution in [3.63, 3.8) is 0 Å². The van der Waals surface area contributed by atoms with E-state index in [1.807, 2.05) is 25.1 Å². The van der Waals surface area contributed by atoms with Crippen LogP contribution in [0, 0.1) is 6.92 Å². The van der Waals surface area contributed by atoms with Crippen LogP contribution in [0.25, 0.3) is 10.9 Å². The molecule has 0 unspecified atom stereocenters. The Morgan fingerprint density at radius 2 is 2.07 bits per heavy atom. The van der Waals surface area contributed by atoms with Gasteiger partial charge in [0.25, 0.3) is 0 Å². The van der Waals surface area contributed by atoms with Crippen molar-refractivity contribution in [3.05, 3.63) is 28.6 Å². The third-order valence-corrected chi connectivity index (χ3v) is 2.41. The van der Waals surface area contributed by atoms with Crippen molar-refractivity contribution < 1.29 is 4.74 Å². The number of benzene rings is 1. The normalized spacial score (nSPS) is 10.5. The number of hydrogen-bond acceptors (Lipinski definition) is 3. The molecule has 0 aliphatic heterocycles. The fourth-order valence-corrected chi connectivity index (χ4v) is 1.92. The first-order chi connectivity index (χ1) is 6.72. The van der Waals surface area contributed by atoms with E-state index in [1.165, 1.54) is 0 Å². The molecule has 0 fully saturated rings. The van der Waals surface area contributed by atoms with Crippen molar-refractivity contribution in [2.75, 3.05) is 7.11 Å². The van der Waals surface area contributed by atoms with E-state index in [0.717, 1.165) is 22.3 Å². The van der Waals surface area contributed by atoms with Crippen LogP contribution in [-0.2, 0) is 0 Å². The second-order valence-electron chi connectivity index (χ2n) is 2.93. The number of aromatic nitrogens is 2. The highest BCUT2D eigenvalue weighted by Gasteiger charge is 2.07. The van der Waals surface area contributed by atoms with E-state index < -0.39 is 0 Å². The summed E-state index contributed by atoms with van der Waals surface area (Å²) in [5, 5.41) is 0.971. The summed E-state index contributed by atoms with van der Waals surface area (Å²) in [5.41, 5.74) is 1.81. The second kappa shape index (κ2) is 3.53. The Balaban J connectivity index is 2.87. The highest BCUT2D eigenvalue weighted by molar-refractivity contribution is 9.10. The van der Waals surface area contributed by atoms with E-state index in [2.05, 4.69) is 25.9 Å². The van der Waals surface area contributed by atoms with Crippen LogP contribution in [0.3, 0.4) is 0 Å². The van der Waals surface area contributed by atoms with Gasteiger partial charge in [0, 0.05) is 0 Å². The number of rotatable bonds is 1. The molecule has 2 rings (SSSR count). The molecule has 4 heteroatoms. The molecule has 72 valence electrons. The lowest BCUT2D eigenvalue weighted by Gasteiger charge is -2.06. The number of fused-ring (bicyclic) bond motifs is 1. The summed E-state index contributed by atoms with van der Waals surface area (Å²) in [5.74, 6) is 0.812. The first-order valence-corrected chi connectivity index (χ1v) is 4.98. The Morgan fingerprint density at radius 3 is 2.79 bits per heavy atom. The fraction of sp³-hybridized carbons (Fsp3) is 0.200. The number of aryl methyl sites for hydroxylation is 1. The van der Waals surface area contributed by atoms with Gasteiger partial charge in [-0.05, 0) is 35.0 Å². The average molecular weight is 253 g/mol. The van der Waals surface area contributed by atoms with Gasteiger partial charge in [0.05, 0.1) is 23.7 Å². The zero-order valence-electron chi connectivity index (χ0n) is 7.91. The summed E-state index contributed by atoms with van der Waals surface area (Å²) in [6.45, 7) is 1.94. The quantitative estimate of drug-likeness (QED) is 0.733. The van der Waals surface area contributed by atoms with Gasteiger partial charge in [0.15, 0.2) is 4.73 Å². The van der Waals surface area contributed by atoms with Crippen LogP contribution < -0.4 is 4.74 Å². The van der Waals surface area contributed by atoms with Gasteiger partial charge >= 0.3 is 0 Å². The van der Waals surface area contributed by atoms with Crippen molar-refractivity contribution in [2.24, 2.45) is 0 Å². The summed E-state index contributed by atoms with van der Waals surface area (Å²) in [4.78, 5) is 8.51. The Hall–Kier alpha value is -1.16. The summed E-state index contributed by atoms with van der Waals surface area (Å²) < 4.78 is 5.86. The largest absolute Gasteiger partial charge is 0.496 e. The van der Waals surface area contributed by atoms with Gasteiger partial charge in [-0.3, -0.25) is 0 Å². The van der Waals surface area contributed by atoms with E-state index in [-0.39, 0.29) is 0 Å². The number of ether oxygens (including phenoxy) is 1. The molecule has 1 heterocycles. The molecule has 0 aliphatic rings. The molecule has 1 aromatic heterocycles. The zero-order chi connectivity index (χ0) is 10.1. The molecule has 2 aromatic rings. The Labute approximate surface area is 90.3 Å². The minimum absolute atomic E-state index is 0.607. The molecule has 1 aromatic carbocycles. The second-order valence-corrected chi connectivity index (χ2v) is 3.64. The molecule has 0 saturated carbocycles. The van der Waals surface area contributed by atoms with Crippen molar-refractivity contribution >= 4 is 26.8 Å². The standard InChI is InChI=1S/C10H9BrN2O/c1-6-9-7(13-10(11)12-6)4-3-5-8(9)14-2/h3-5H,1-2H3. The van der Waals surface area contributed by atoms with Crippen LogP contribution in [0.15, 0.2) is 22.9 Å². The maximum Gasteiger partial charge on any atom is 0.197 e. The average Bonchev–Trinajstić information content (AvgIpc) is 2.16. The number of halogens is 1. The molecule has 0 N–H and O–H groups in total. The summed E-state index contributed by atoms with van der Waals surface area (Å²) in [6, 6.07) is 5.77. The lowest BCUT2D eigenvalue weighted by Crippen LogP contribution is -1.93. The van der Waals surface area contributed by atoms with E-state index in [4.69, 9.17) is 4.74 Å². The van der Waals surface area contributed by atoms with Gasteiger partial charge in [0.2, 0.25) is 0 Å². The highest BCUT2D eigenvalue weighted by atomic mass is 79.9. The predicted octanol–water partition coefficient (Wildman–Crippen LogP) is 2.71. The van der Waals surface area contributed by atoms with Gasteiger partial charge in [-0.2, -0.15) is 0 Å². The minimum Gasteiger partial charge on any atom is -0.496 e. The van der Waals surface area contributed by atoms with Crippen molar-refractivity contribution in [1.82, 2.24) is 9.97 Å². The molecule has 3 nitrogen and oxygen atoms in total. The topological polar surface area (TPSA) is 35.0 Å². The van der Waals surface area contributed by atoms with E-state index in [1.54, 1.807) is 7.11 Å². The Morgan fingerprint density at radius 1 is 1.29 bits per heavy atom. The minimum atomic E-state index is 0.607. The van der Waals surface area contributed by atoms with Gasteiger partial charge in [-0.15, -0.1) is 0 Å². The SMILES string of the molecule is COc1cccc2nc(Br)nc(C)c12. The molecule has 0 bridgehead atoms. The van der Waals surface area contributed by atoms with Crippen LogP contribution in [0.2, 0.25) is 0 Å². The molecule has 14 heavy (non-hydrogen) atoms. The number of nitrogens with zero attached hydrogens (tertiary/aromatic N) is 2. The van der Waals surface area contributed by atoms with Gasteiger partial charge in [0.1, 0.15) is 5.75 Å². The van der Waals surface area contributed by atoms with Crippen LogP contribution in [0.5, 0.6) is 5.75 Å². The van der Waals surface area contributed by atoms with E-state index >= 15 is 0 Å². The monoisotopic (exact) mass is 252 g/mol. The van der Waals surface area contributed by atoms with Crippen LogP contribution in [0.4, 0.5) is 0 Å². The predicted molar refractivity (Wildman–Crippen MR) is 58.5 cm³/mol.